The molecule has 59 valence electrons. The second-order valence-corrected chi connectivity index (χ2v) is 2.90. The van der Waals surface area contributed by atoms with Crippen molar-refractivity contribution in [1.29, 1.82) is 0 Å². The van der Waals surface area contributed by atoms with Crippen molar-refractivity contribution < 1.29 is 0 Å². The number of aryl methyl sites for hydroxylation is 1. The fraction of sp³-hybridized carbons (Fsp3) is 0.364. The van der Waals surface area contributed by atoms with Crippen LogP contribution in [0.5, 0.6) is 0 Å². The Balaban J connectivity index is 2.52. The van der Waals surface area contributed by atoms with E-state index in [9.17, 15) is 0 Å². The van der Waals surface area contributed by atoms with Crippen molar-refractivity contribution in [2.24, 2.45) is 0 Å². The maximum atomic E-state index is 2.28. The highest BCUT2D eigenvalue weighted by Crippen LogP contribution is 2.08. The summed E-state index contributed by atoms with van der Waals surface area (Å²) in [7, 11) is 0. The second kappa shape index (κ2) is 4.17. The van der Waals surface area contributed by atoms with E-state index in [0.29, 0.717) is 0 Å². The lowest BCUT2D eigenvalue weighted by molar-refractivity contribution is 0.913. The van der Waals surface area contributed by atoms with Crippen LogP contribution >= 0.6 is 0 Å². The van der Waals surface area contributed by atoms with Crippen LogP contribution < -0.4 is 0 Å². The van der Waals surface area contributed by atoms with Crippen LogP contribution in [0.4, 0.5) is 0 Å². The van der Waals surface area contributed by atoms with Crippen molar-refractivity contribution in [3.05, 3.63) is 41.8 Å². The van der Waals surface area contributed by atoms with Crippen molar-refractivity contribution >= 4 is 0 Å². The molecule has 1 rings (SSSR count). The second-order valence-electron chi connectivity index (χ2n) is 2.90. The minimum absolute atomic E-state index is 1.18. The summed E-state index contributed by atoms with van der Waals surface area (Å²) in [5.74, 6) is 0. The van der Waals surface area contributed by atoms with E-state index in [1.165, 1.54) is 24.0 Å². The third-order valence-electron chi connectivity index (χ3n) is 1.75. The standard InChI is InChI=1S/C11H15/c1-3-4-5-11-8-6-10(2)7-9-11/h5-9H,3-4H2,1-2H3. The molecule has 0 fully saturated rings. The SMILES string of the molecule is CCC[CH]c1ccc(C)cc1. The number of hydrogen-bond acceptors (Lipinski definition) is 0. The molecule has 11 heavy (non-hydrogen) atoms. The fourth-order valence-corrected chi connectivity index (χ4v) is 1.01. The summed E-state index contributed by atoms with van der Waals surface area (Å²) in [6.45, 7) is 4.31. The van der Waals surface area contributed by atoms with E-state index in [2.05, 4.69) is 44.5 Å². The normalized spacial score (nSPS) is 10.0. The minimum Gasteiger partial charge on any atom is -0.0654 e. The van der Waals surface area contributed by atoms with Crippen molar-refractivity contribution in [2.75, 3.05) is 0 Å². The van der Waals surface area contributed by atoms with Gasteiger partial charge in [-0.3, -0.25) is 0 Å². The van der Waals surface area contributed by atoms with Crippen LogP contribution in [-0.2, 0) is 0 Å². The van der Waals surface area contributed by atoms with Gasteiger partial charge in [-0.25, -0.2) is 0 Å². The van der Waals surface area contributed by atoms with Crippen molar-refractivity contribution in [3.63, 3.8) is 0 Å². The molecule has 0 aromatic heterocycles. The predicted molar refractivity (Wildman–Crippen MR) is 49.5 cm³/mol. The molecule has 0 aliphatic rings. The summed E-state index contributed by atoms with van der Waals surface area (Å²) in [6, 6.07) is 8.65. The average Bonchev–Trinajstić information content (AvgIpc) is 2.04. The number of hydrogen-bond donors (Lipinski definition) is 0. The van der Waals surface area contributed by atoms with Crippen LogP contribution in [0.25, 0.3) is 0 Å². The molecular formula is C11H15. The van der Waals surface area contributed by atoms with E-state index in [1.807, 2.05) is 0 Å². The summed E-state index contributed by atoms with van der Waals surface area (Å²) >= 11 is 0. The van der Waals surface area contributed by atoms with E-state index >= 15 is 0 Å². The van der Waals surface area contributed by atoms with Crippen LogP contribution in [0.15, 0.2) is 24.3 Å². The average molecular weight is 147 g/mol. The molecule has 0 heteroatoms. The smallest absolute Gasteiger partial charge is 0.00932 e. The number of unbranched alkanes of at least 4 members (excludes halogenated alkanes) is 1. The minimum atomic E-state index is 1.18. The summed E-state index contributed by atoms with van der Waals surface area (Å²) in [6.07, 6.45) is 4.69. The molecular weight excluding hydrogens is 132 g/mol. The van der Waals surface area contributed by atoms with Crippen molar-refractivity contribution in [1.82, 2.24) is 0 Å². The Morgan fingerprint density at radius 1 is 1.18 bits per heavy atom. The topological polar surface area (TPSA) is 0 Å². The summed E-state index contributed by atoms with van der Waals surface area (Å²) in [5, 5.41) is 0. The van der Waals surface area contributed by atoms with E-state index < -0.39 is 0 Å². The lowest BCUT2D eigenvalue weighted by Gasteiger charge is -1.98. The van der Waals surface area contributed by atoms with E-state index in [-0.39, 0.29) is 0 Å². The van der Waals surface area contributed by atoms with Crippen LogP contribution in [-0.4, -0.2) is 0 Å². The largest absolute Gasteiger partial charge is 0.0654 e. The lowest BCUT2D eigenvalue weighted by Crippen LogP contribution is -1.80. The Bertz CT molecular complexity index is 196. The third-order valence-corrected chi connectivity index (χ3v) is 1.75. The van der Waals surface area contributed by atoms with Gasteiger partial charge < -0.3 is 0 Å². The van der Waals surface area contributed by atoms with Gasteiger partial charge in [0.2, 0.25) is 0 Å². The molecule has 0 saturated carbocycles. The van der Waals surface area contributed by atoms with Gasteiger partial charge in [-0.2, -0.15) is 0 Å². The van der Waals surface area contributed by atoms with Gasteiger partial charge in [0.15, 0.2) is 0 Å². The van der Waals surface area contributed by atoms with Gasteiger partial charge in [0.25, 0.3) is 0 Å². The van der Waals surface area contributed by atoms with Gasteiger partial charge in [0, 0.05) is 0 Å². The maximum absolute atomic E-state index is 2.28. The zero-order valence-corrected chi connectivity index (χ0v) is 7.30. The number of benzene rings is 1. The summed E-state index contributed by atoms with van der Waals surface area (Å²) in [4.78, 5) is 0. The first-order valence-corrected chi connectivity index (χ1v) is 4.23. The van der Waals surface area contributed by atoms with Gasteiger partial charge >= 0.3 is 0 Å². The Kier molecular flexibility index (Phi) is 3.15. The van der Waals surface area contributed by atoms with Crippen molar-refractivity contribution in [3.8, 4) is 0 Å². The number of rotatable bonds is 3. The summed E-state index contributed by atoms with van der Waals surface area (Å²) in [5.41, 5.74) is 2.68. The molecule has 0 spiro atoms. The van der Waals surface area contributed by atoms with Crippen LogP contribution in [0, 0.1) is 13.3 Å². The highest BCUT2D eigenvalue weighted by Gasteiger charge is 1.90. The predicted octanol–water partition coefficient (Wildman–Crippen LogP) is 3.35. The molecule has 0 saturated heterocycles. The maximum Gasteiger partial charge on any atom is -0.00932 e. The molecule has 0 bridgehead atoms. The van der Waals surface area contributed by atoms with Crippen LogP contribution in [0.1, 0.15) is 30.9 Å². The molecule has 0 nitrogen and oxygen atoms in total. The Morgan fingerprint density at radius 3 is 2.36 bits per heavy atom. The molecule has 0 heterocycles. The van der Waals surface area contributed by atoms with Gasteiger partial charge in [-0.15, -0.1) is 0 Å². The van der Waals surface area contributed by atoms with Crippen LogP contribution in [0.2, 0.25) is 0 Å². The Hall–Kier alpha value is -0.780. The van der Waals surface area contributed by atoms with Crippen molar-refractivity contribution in [2.45, 2.75) is 26.7 Å². The first kappa shape index (κ1) is 8.32. The Labute approximate surface area is 69.3 Å². The molecule has 0 N–H and O–H groups in total. The molecule has 1 aromatic rings. The molecule has 0 unspecified atom stereocenters. The lowest BCUT2D eigenvalue weighted by atomic mass is 10.1. The third kappa shape index (κ3) is 2.75. The fourth-order valence-electron chi connectivity index (χ4n) is 1.01. The first-order chi connectivity index (χ1) is 5.33. The van der Waals surface area contributed by atoms with E-state index in [1.54, 1.807) is 0 Å². The van der Waals surface area contributed by atoms with E-state index in [0.717, 1.165) is 0 Å². The van der Waals surface area contributed by atoms with Gasteiger partial charge in [0.05, 0.1) is 0 Å². The Morgan fingerprint density at radius 2 is 1.82 bits per heavy atom. The zero-order chi connectivity index (χ0) is 8.10. The monoisotopic (exact) mass is 147 g/mol. The van der Waals surface area contributed by atoms with Crippen LogP contribution in [0.3, 0.4) is 0 Å². The highest BCUT2D eigenvalue weighted by atomic mass is 14.0. The highest BCUT2D eigenvalue weighted by molar-refractivity contribution is 5.26. The molecule has 0 aliphatic heterocycles. The molecule has 0 aliphatic carbocycles. The van der Waals surface area contributed by atoms with Gasteiger partial charge in [-0.05, 0) is 25.3 Å². The van der Waals surface area contributed by atoms with E-state index in [4.69, 9.17) is 0 Å². The molecule has 0 atom stereocenters. The molecule has 1 aromatic carbocycles. The molecule has 0 amide bonds. The van der Waals surface area contributed by atoms with Gasteiger partial charge in [-0.1, -0.05) is 43.2 Å². The quantitative estimate of drug-likeness (QED) is 0.615. The summed E-state index contributed by atoms with van der Waals surface area (Å²) < 4.78 is 0. The van der Waals surface area contributed by atoms with Gasteiger partial charge in [0.1, 0.15) is 0 Å². The zero-order valence-electron chi connectivity index (χ0n) is 7.30. The molecule has 1 radical (unpaired) electrons. The first-order valence-electron chi connectivity index (χ1n) is 4.23.